The number of methoxy groups -OCH3 is 1. The molecule has 1 aromatic rings. The van der Waals surface area contributed by atoms with Crippen molar-refractivity contribution in [1.29, 1.82) is 0 Å². The molecule has 0 radical (unpaired) electrons. The monoisotopic (exact) mass is 270 g/mol. The number of nitrogens with one attached hydrogen (secondary N) is 2. The molecule has 19 heavy (non-hydrogen) atoms. The summed E-state index contributed by atoms with van der Waals surface area (Å²) in [6.07, 6.45) is 0. The Morgan fingerprint density at radius 3 is 2.42 bits per heavy atom. The van der Waals surface area contributed by atoms with Crippen LogP contribution in [0.3, 0.4) is 0 Å². The van der Waals surface area contributed by atoms with Crippen LogP contribution < -0.4 is 21.3 Å². The van der Waals surface area contributed by atoms with Crippen LogP contribution in [-0.4, -0.2) is 41.3 Å². The third kappa shape index (κ3) is 4.84. The van der Waals surface area contributed by atoms with Gasteiger partial charge < -0.3 is 14.8 Å². The van der Waals surface area contributed by atoms with Gasteiger partial charge in [-0.15, -0.1) is 0 Å². The van der Waals surface area contributed by atoms with Crippen LogP contribution in [0.5, 0.6) is 6.01 Å². The van der Waals surface area contributed by atoms with Gasteiger partial charge in [0.1, 0.15) is 0 Å². The van der Waals surface area contributed by atoms with Crippen LogP contribution in [-0.2, 0) is 4.74 Å². The Morgan fingerprint density at radius 2 is 1.89 bits per heavy atom. The first-order valence-corrected chi connectivity index (χ1v) is 6.21. The van der Waals surface area contributed by atoms with Crippen molar-refractivity contribution in [3.05, 3.63) is 0 Å². The van der Waals surface area contributed by atoms with E-state index in [2.05, 4.69) is 39.5 Å². The Balaban J connectivity index is 2.88. The zero-order chi connectivity index (χ0) is 14.3. The normalized spacial score (nSPS) is 12.3. The predicted molar refractivity (Wildman–Crippen MR) is 72.9 cm³/mol. The van der Waals surface area contributed by atoms with E-state index in [1.54, 1.807) is 7.11 Å². The van der Waals surface area contributed by atoms with Crippen LogP contribution in [0.4, 0.5) is 11.9 Å². The summed E-state index contributed by atoms with van der Waals surface area (Å²) in [7, 11) is 1.66. The smallest absolute Gasteiger partial charge is 0.323 e. The third-order valence-corrected chi connectivity index (χ3v) is 2.48. The van der Waals surface area contributed by atoms with E-state index < -0.39 is 0 Å². The summed E-state index contributed by atoms with van der Waals surface area (Å²) in [5.41, 5.74) is 2.39. The number of aromatic nitrogens is 3. The van der Waals surface area contributed by atoms with Crippen LogP contribution in [0.2, 0.25) is 0 Å². The van der Waals surface area contributed by atoms with E-state index in [9.17, 15) is 0 Å². The zero-order valence-corrected chi connectivity index (χ0v) is 11.8. The SMILES string of the molecule is CCOc1nc(NN)nc(NC(COC)C(C)C)n1. The average Bonchev–Trinajstić information content (AvgIpc) is 2.38. The minimum atomic E-state index is 0.0903. The van der Waals surface area contributed by atoms with Crippen LogP contribution >= 0.6 is 0 Å². The highest BCUT2D eigenvalue weighted by molar-refractivity contribution is 5.35. The van der Waals surface area contributed by atoms with Gasteiger partial charge in [-0.1, -0.05) is 13.8 Å². The quantitative estimate of drug-likeness (QED) is 0.466. The third-order valence-electron chi connectivity index (χ3n) is 2.48. The fraction of sp³-hybridized carbons (Fsp3) is 0.727. The second-order valence-electron chi connectivity index (χ2n) is 4.29. The Kier molecular flexibility index (Phi) is 6.23. The number of hydrazine groups is 1. The van der Waals surface area contributed by atoms with Crippen molar-refractivity contribution in [1.82, 2.24) is 15.0 Å². The molecule has 1 aromatic heterocycles. The highest BCUT2D eigenvalue weighted by atomic mass is 16.5. The first kappa shape index (κ1) is 15.4. The first-order chi connectivity index (χ1) is 9.10. The van der Waals surface area contributed by atoms with Gasteiger partial charge in [-0.05, 0) is 12.8 Å². The van der Waals surface area contributed by atoms with Crippen molar-refractivity contribution in [2.24, 2.45) is 11.8 Å². The van der Waals surface area contributed by atoms with Crippen molar-refractivity contribution in [2.75, 3.05) is 31.1 Å². The molecular weight excluding hydrogens is 248 g/mol. The predicted octanol–water partition coefficient (Wildman–Crippen LogP) is 0.639. The molecular formula is C11H22N6O2. The summed E-state index contributed by atoms with van der Waals surface area (Å²) in [6.45, 7) is 7.05. The summed E-state index contributed by atoms with van der Waals surface area (Å²) < 4.78 is 10.4. The minimum Gasteiger partial charge on any atom is -0.464 e. The second kappa shape index (κ2) is 7.70. The van der Waals surface area contributed by atoms with E-state index in [4.69, 9.17) is 15.3 Å². The van der Waals surface area contributed by atoms with Gasteiger partial charge in [0.15, 0.2) is 0 Å². The molecule has 0 amide bonds. The van der Waals surface area contributed by atoms with E-state index in [0.717, 1.165) is 0 Å². The molecule has 8 nitrogen and oxygen atoms in total. The molecule has 0 saturated heterocycles. The molecule has 8 heteroatoms. The lowest BCUT2D eigenvalue weighted by molar-refractivity contribution is 0.170. The molecule has 0 aliphatic carbocycles. The largest absolute Gasteiger partial charge is 0.464 e. The van der Waals surface area contributed by atoms with Crippen LogP contribution in [0.15, 0.2) is 0 Å². The van der Waals surface area contributed by atoms with E-state index in [0.29, 0.717) is 25.1 Å². The Labute approximate surface area is 113 Å². The van der Waals surface area contributed by atoms with Crippen molar-refractivity contribution in [3.63, 3.8) is 0 Å². The van der Waals surface area contributed by atoms with Gasteiger partial charge in [0.2, 0.25) is 11.9 Å². The fourth-order valence-electron chi connectivity index (χ4n) is 1.43. The average molecular weight is 270 g/mol. The molecule has 0 spiro atoms. The molecule has 108 valence electrons. The maximum atomic E-state index is 5.32. The van der Waals surface area contributed by atoms with Crippen molar-refractivity contribution in [3.8, 4) is 6.01 Å². The van der Waals surface area contributed by atoms with Crippen molar-refractivity contribution >= 4 is 11.9 Å². The number of nitrogens with two attached hydrogens (primary N) is 1. The highest BCUT2D eigenvalue weighted by Gasteiger charge is 2.16. The van der Waals surface area contributed by atoms with Crippen molar-refractivity contribution in [2.45, 2.75) is 26.8 Å². The fourth-order valence-corrected chi connectivity index (χ4v) is 1.43. The van der Waals surface area contributed by atoms with Crippen molar-refractivity contribution < 1.29 is 9.47 Å². The molecule has 0 aromatic carbocycles. The van der Waals surface area contributed by atoms with Crippen LogP contribution in [0.1, 0.15) is 20.8 Å². The summed E-state index contributed by atoms with van der Waals surface area (Å²) in [4.78, 5) is 12.3. The lowest BCUT2D eigenvalue weighted by Crippen LogP contribution is -2.31. The maximum absolute atomic E-state index is 5.32. The van der Waals surface area contributed by atoms with Gasteiger partial charge in [0.05, 0.1) is 19.3 Å². The van der Waals surface area contributed by atoms with Gasteiger partial charge in [-0.2, -0.15) is 15.0 Å². The number of nitrogen functional groups attached to an aromatic ring is 1. The molecule has 0 bridgehead atoms. The van der Waals surface area contributed by atoms with Crippen LogP contribution in [0, 0.1) is 5.92 Å². The van der Waals surface area contributed by atoms with Gasteiger partial charge in [0.25, 0.3) is 0 Å². The number of ether oxygens (including phenoxy) is 2. The maximum Gasteiger partial charge on any atom is 0.323 e. The molecule has 1 atom stereocenters. The Hall–Kier alpha value is -1.67. The second-order valence-corrected chi connectivity index (χ2v) is 4.29. The summed E-state index contributed by atoms with van der Waals surface area (Å²) in [5, 5.41) is 3.19. The van der Waals surface area contributed by atoms with E-state index in [-0.39, 0.29) is 18.0 Å². The standard InChI is InChI=1S/C11H22N6O2/c1-5-19-11-15-9(14-10(16-11)17-12)13-8(6-18-4)7(2)3/h7-8H,5-6,12H2,1-4H3,(H2,13,14,15,16,17). The number of anilines is 2. The molecule has 0 fully saturated rings. The molecule has 1 unspecified atom stereocenters. The van der Waals surface area contributed by atoms with E-state index in [1.807, 2.05) is 6.92 Å². The molecule has 1 heterocycles. The number of rotatable bonds is 8. The number of hydrogen-bond acceptors (Lipinski definition) is 8. The van der Waals surface area contributed by atoms with Gasteiger partial charge in [-0.3, -0.25) is 5.43 Å². The molecule has 4 N–H and O–H groups in total. The van der Waals surface area contributed by atoms with Gasteiger partial charge in [-0.25, -0.2) is 5.84 Å². The van der Waals surface area contributed by atoms with Gasteiger partial charge >= 0.3 is 6.01 Å². The first-order valence-electron chi connectivity index (χ1n) is 6.21. The topological polar surface area (TPSA) is 107 Å². The Bertz CT molecular complexity index is 387. The minimum absolute atomic E-state index is 0.0903. The van der Waals surface area contributed by atoms with E-state index >= 15 is 0 Å². The Morgan fingerprint density at radius 1 is 1.21 bits per heavy atom. The number of nitrogens with zero attached hydrogens (tertiary/aromatic N) is 3. The molecule has 0 aliphatic rings. The lowest BCUT2D eigenvalue weighted by Gasteiger charge is -2.21. The molecule has 1 rings (SSSR count). The van der Waals surface area contributed by atoms with Crippen LogP contribution in [0.25, 0.3) is 0 Å². The van der Waals surface area contributed by atoms with Gasteiger partial charge in [0, 0.05) is 7.11 Å². The zero-order valence-electron chi connectivity index (χ0n) is 11.8. The molecule has 0 saturated carbocycles. The highest BCUT2D eigenvalue weighted by Crippen LogP contribution is 2.14. The molecule has 0 aliphatic heterocycles. The number of hydrogen-bond donors (Lipinski definition) is 3. The summed E-state index contributed by atoms with van der Waals surface area (Å²) in [6, 6.07) is 0.320. The summed E-state index contributed by atoms with van der Waals surface area (Å²) >= 11 is 0. The summed E-state index contributed by atoms with van der Waals surface area (Å²) in [5.74, 6) is 6.34. The van der Waals surface area contributed by atoms with E-state index in [1.165, 1.54) is 0 Å². The lowest BCUT2D eigenvalue weighted by atomic mass is 10.1.